The van der Waals surface area contributed by atoms with Crippen molar-refractivity contribution in [1.29, 1.82) is 5.26 Å². The highest BCUT2D eigenvalue weighted by Crippen LogP contribution is 2.20. The zero-order valence-electron chi connectivity index (χ0n) is 9.62. The second kappa shape index (κ2) is 4.32. The Labute approximate surface area is 95.6 Å². The summed E-state index contributed by atoms with van der Waals surface area (Å²) in [6, 6.07) is 10.0. The molecule has 16 heavy (non-hydrogen) atoms. The first-order chi connectivity index (χ1) is 7.78. The molecule has 0 spiro atoms. The zero-order valence-corrected chi connectivity index (χ0v) is 9.62. The third-order valence-corrected chi connectivity index (χ3v) is 2.82. The lowest BCUT2D eigenvalue weighted by atomic mass is 10.0. The zero-order chi connectivity index (χ0) is 11.5. The standard InChI is InChI=1S/C14H14N2/c1-3-11-8-12(4-2)16-14-7-10(9-15)5-6-13(11)14/h5-8H,3-4H2,1-2H3. The lowest BCUT2D eigenvalue weighted by molar-refractivity contribution is 1.03. The second-order valence-electron chi connectivity index (χ2n) is 3.82. The molecule has 0 bridgehead atoms. The van der Waals surface area contributed by atoms with Crippen LogP contribution < -0.4 is 0 Å². The Morgan fingerprint density at radius 3 is 2.62 bits per heavy atom. The lowest BCUT2D eigenvalue weighted by Crippen LogP contribution is -1.94. The van der Waals surface area contributed by atoms with Gasteiger partial charge in [-0.1, -0.05) is 19.9 Å². The van der Waals surface area contributed by atoms with Crippen molar-refractivity contribution >= 4 is 10.9 Å². The number of aromatic nitrogens is 1. The molecule has 0 saturated carbocycles. The number of nitriles is 1. The average molecular weight is 210 g/mol. The van der Waals surface area contributed by atoms with Crippen molar-refractivity contribution in [2.75, 3.05) is 0 Å². The van der Waals surface area contributed by atoms with E-state index < -0.39 is 0 Å². The molecule has 1 heterocycles. The van der Waals surface area contributed by atoms with Crippen LogP contribution in [-0.2, 0) is 12.8 Å². The largest absolute Gasteiger partial charge is 0.253 e. The quantitative estimate of drug-likeness (QED) is 0.763. The van der Waals surface area contributed by atoms with E-state index in [-0.39, 0.29) is 0 Å². The van der Waals surface area contributed by atoms with Gasteiger partial charge in [-0.25, -0.2) is 0 Å². The summed E-state index contributed by atoms with van der Waals surface area (Å²) in [6.07, 6.45) is 1.93. The Balaban J connectivity index is 2.75. The molecule has 0 saturated heterocycles. The van der Waals surface area contributed by atoms with E-state index in [9.17, 15) is 0 Å². The minimum Gasteiger partial charge on any atom is -0.253 e. The van der Waals surface area contributed by atoms with Crippen molar-refractivity contribution in [2.24, 2.45) is 0 Å². The van der Waals surface area contributed by atoms with Gasteiger partial charge in [0.2, 0.25) is 0 Å². The molecule has 2 aromatic rings. The molecule has 0 N–H and O–H groups in total. The van der Waals surface area contributed by atoms with Crippen LogP contribution in [0.2, 0.25) is 0 Å². The Morgan fingerprint density at radius 2 is 2.00 bits per heavy atom. The highest BCUT2D eigenvalue weighted by atomic mass is 14.7. The van der Waals surface area contributed by atoms with Gasteiger partial charge < -0.3 is 0 Å². The van der Waals surface area contributed by atoms with Gasteiger partial charge in [-0.15, -0.1) is 0 Å². The number of rotatable bonds is 2. The van der Waals surface area contributed by atoms with Crippen LogP contribution in [-0.4, -0.2) is 4.98 Å². The van der Waals surface area contributed by atoms with Gasteiger partial charge in [0.15, 0.2) is 0 Å². The molecule has 0 aliphatic carbocycles. The summed E-state index contributed by atoms with van der Waals surface area (Å²) in [5, 5.41) is 10.0. The first-order valence-corrected chi connectivity index (χ1v) is 5.61. The van der Waals surface area contributed by atoms with Crippen LogP contribution in [0.5, 0.6) is 0 Å². The molecule has 2 nitrogen and oxygen atoms in total. The first-order valence-electron chi connectivity index (χ1n) is 5.61. The molecular weight excluding hydrogens is 196 g/mol. The molecule has 0 amide bonds. The van der Waals surface area contributed by atoms with E-state index in [1.54, 1.807) is 0 Å². The Morgan fingerprint density at radius 1 is 1.19 bits per heavy atom. The van der Waals surface area contributed by atoms with Gasteiger partial charge in [0.05, 0.1) is 17.1 Å². The van der Waals surface area contributed by atoms with Gasteiger partial charge in [-0.05, 0) is 36.6 Å². The van der Waals surface area contributed by atoms with E-state index in [0.717, 1.165) is 24.1 Å². The van der Waals surface area contributed by atoms with E-state index in [1.165, 1.54) is 10.9 Å². The molecule has 2 rings (SSSR count). The van der Waals surface area contributed by atoms with Crippen LogP contribution >= 0.6 is 0 Å². The number of hydrogen-bond donors (Lipinski definition) is 0. The van der Waals surface area contributed by atoms with Crippen molar-refractivity contribution in [3.63, 3.8) is 0 Å². The maximum atomic E-state index is 8.87. The highest BCUT2D eigenvalue weighted by Gasteiger charge is 2.04. The average Bonchev–Trinajstić information content (AvgIpc) is 2.36. The van der Waals surface area contributed by atoms with Crippen LogP contribution in [0.3, 0.4) is 0 Å². The molecule has 80 valence electrons. The fraction of sp³-hybridized carbons (Fsp3) is 0.286. The van der Waals surface area contributed by atoms with Crippen LogP contribution in [0.15, 0.2) is 24.3 Å². The molecule has 0 radical (unpaired) electrons. The molecule has 0 atom stereocenters. The van der Waals surface area contributed by atoms with Gasteiger partial charge in [0.25, 0.3) is 0 Å². The fourth-order valence-electron chi connectivity index (χ4n) is 1.90. The van der Waals surface area contributed by atoms with Gasteiger partial charge in [-0.2, -0.15) is 5.26 Å². The van der Waals surface area contributed by atoms with Gasteiger partial charge in [0, 0.05) is 11.1 Å². The minimum atomic E-state index is 0.676. The van der Waals surface area contributed by atoms with Crippen molar-refractivity contribution in [1.82, 2.24) is 4.98 Å². The summed E-state index contributed by atoms with van der Waals surface area (Å²) in [5.41, 5.74) is 4.02. The van der Waals surface area contributed by atoms with Crippen molar-refractivity contribution in [2.45, 2.75) is 26.7 Å². The van der Waals surface area contributed by atoms with E-state index in [4.69, 9.17) is 5.26 Å². The van der Waals surface area contributed by atoms with E-state index in [0.29, 0.717) is 5.56 Å². The van der Waals surface area contributed by atoms with E-state index >= 15 is 0 Å². The Bertz CT molecular complexity index is 565. The molecule has 0 aliphatic heterocycles. The summed E-state index contributed by atoms with van der Waals surface area (Å²) in [5.74, 6) is 0. The fourth-order valence-corrected chi connectivity index (χ4v) is 1.90. The SMILES string of the molecule is CCc1cc(CC)c2ccc(C#N)cc2n1. The summed E-state index contributed by atoms with van der Waals surface area (Å²) in [6.45, 7) is 4.24. The summed E-state index contributed by atoms with van der Waals surface area (Å²) >= 11 is 0. The highest BCUT2D eigenvalue weighted by molar-refractivity contribution is 5.83. The maximum absolute atomic E-state index is 8.87. The van der Waals surface area contributed by atoms with Gasteiger partial charge in [-0.3, -0.25) is 4.98 Å². The summed E-state index contributed by atoms with van der Waals surface area (Å²) in [7, 11) is 0. The third kappa shape index (κ3) is 1.77. The number of nitrogens with zero attached hydrogens (tertiary/aromatic N) is 2. The van der Waals surface area contributed by atoms with Crippen molar-refractivity contribution in [3.05, 3.63) is 41.1 Å². The number of benzene rings is 1. The molecule has 1 aromatic heterocycles. The molecule has 0 unspecified atom stereocenters. The van der Waals surface area contributed by atoms with Crippen molar-refractivity contribution in [3.8, 4) is 6.07 Å². The molecular formula is C14H14N2. The lowest BCUT2D eigenvalue weighted by Gasteiger charge is -2.07. The van der Waals surface area contributed by atoms with Gasteiger partial charge in [0.1, 0.15) is 0 Å². The number of fused-ring (bicyclic) bond motifs is 1. The maximum Gasteiger partial charge on any atom is 0.0992 e. The van der Waals surface area contributed by atoms with Crippen LogP contribution in [0.1, 0.15) is 30.7 Å². The topological polar surface area (TPSA) is 36.7 Å². The second-order valence-corrected chi connectivity index (χ2v) is 3.82. The van der Waals surface area contributed by atoms with E-state index in [1.807, 2.05) is 18.2 Å². The van der Waals surface area contributed by atoms with Gasteiger partial charge >= 0.3 is 0 Å². The van der Waals surface area contributed by atoms with Crippen LogP contribution in [0, 0.1) is 11.3 Å². The van der Waals surface area contributed by atoms with Crippen LogP contribution in [0.25, 0.3) is 10.9 Å². The predicted molar refractivity (Wildman–Crippen MR) is 65.2 cm³/mol. The third-order valence-electron chi connectivity index (χ3n) is 2.82. The van der Waals surface area contributed by atoms with E-state index in [2.05, 4.69) is 31.0 Å². The minimum absolute atomic E-state index is 0.676. The number of hydrogen-bond acceptors (Lipinski definition) is 2. The summed E-state index contributed by atoms with van der Waals surface area (Å²) in [4.78, 5) is 4.56. The molecule has 0 fully saturated rings. The first kappa shape index (κ1) is 10.6. The molecule has 1 aromatic carbocycles. The van der Waals surface area contributed by atoms with Crippen molar-refractivity contribution < 1.29 is 0 Å². The Kier molecular flexibility index (Phi) is 2.87. The monoisotopic (exact) mass is 210 g/mol. The molecule has 0 aliphatic rings. The predicted octanol–water partition coefficient (Wildman–Crippen LogP) is 3.23. The Hall–Kier alpha value is -1.88. The molecule has 2 heteroatoms. The normalized spacial score (nSPS) is 10.3. The number of pyridine rings is 1. The smallest absolute Gasteiger partial charge is 0.0992 e. The summed E-state index contributed by atoms with van der Waals surface area (Å²) < 4.78 is 0. The van der Waals surface area contributed by atoms with Crippen LogP contribution in [0.4, 0.5) is 0 Å². The number of aryl methyl sites for hydroxylation is 2.